The zero-order chi connectivity index (χ0) is 12.3. The molecule has 3 nitrogen and oxygen atoms in total. The minimum Gasteiger partial charge on any atom is -0.481 e. The van der Waals surface area contributed by atoms with Crippen molar-refractivity contribution >= 4 is 17.3 Å². The highest BCUT2D eigenvalue weighted by atomic mass is 16.4. The van der Waals surface area contributed by atoms with Gasteiger partial charge in [0.05, 0.1) is 6.42 Å². The van der Waals surface area contributed by atoms with E-state index in [9.17, 15) is 9.59 Å². The number of carbonyl (C=O) groups is 2. The number of carbonyl (C=O) groups excluding carboxylic acids is 1. The Morgan fingerprint density at radius 3 is 2.59 bits per heavy atom. The molecule has 1 aliphatic carbocycles. The van der Waals surface area contributed by atoms with Gasteiger partial charge in [0.15, 0.2) is 5.78 Å². The predicted octanol–water partition coefficient (Wildman–Crippen LogP) is 2.52. The van der Waals surface area contributed by atoms with E-state index in [-0.39, 0.29) is 18.1 Å². The largest absolute Gasteiger partial charge is 0.481 e. The number of carboxylic acid groups (broad SMARTS) is 1. The average Bonchev–Trinajstić information content (AvgIpc) is 2.32. The SMILES string of the molecule is O=C(O)C[C@H]1CCC(c2ccccc2)=CC1=O. The summed E-state index contributed by atoms with van der Waals surface area (Å²) in [6.45, 7) is 0. The summed E-state index contributed by atoms with van der Waals surface area (Å²) in [7, 11) is 0. The van der Waals surface area contributed by atoms with Crippen molar-refractivity contribution < 1.29 is 14.7 Å². The normalized spacial score (nSPS) is 19.9. The summed E-state index contributed by atoms with van der Waals surface area (Å²) < 4.78 is 0. The van der Waals surface area contributed by atoms with Gasteiger partial charge >= 0.3 is 5.97 Å². The van der Waals surface area contributed by atoms with Crippen LogP contribution in [0.1, 0.15) is 24.8 Å². The molecule has 0 saturated heterocycles. The molecule has 0 amide bonds. The molecule has 1 N–H and O–H groups in total. The van der Waals surface area contributed by atoms with Crippen molar-refractivity contribution in [2.75, 3.05) is 0 Å². The van der Waals surface area contributed by atoms with Gasteiger partial charge in [-0.05, 0) is 30.1 Å². The Labute approximate surface area is 99.8 Å². The lowest BCUT2D eigenvalue weighted by atomic mass is 9.84. The maximum Gasteiger partial charge on any atom is 0.304 e. The van der Waals surface area contributed by atoms with Crippen LogP contribution in [0.3, 0.4) is 0 Å². The second-order valence-electron chi connectivity index (χ2n) is 4.27. The molecular formula is C14H14O3. The fourth-order valence-electron chi connectivity index (χ4n) is 2.13. The maximum absolute atomic E-state index is 11.8. The number of allylic oxidation sites excluding steroid dienone is 2. The highest BCUT2D eigenvalue weighted by molar-refractivity contribution is 6.01. The average molecular weight is 230 g/mol. The van der Waals surface area contributed by atoms with Gasteiger partial charge in [-0.2, -0.15) is 0 Å². The molecule has 0 radical (unpaired) electrons. The molecule has 0 aromatic heterocycles. The summed E-state index contributed by atoms with van der Waals surface area (Å²) >= 11 is 0. The van der Waals surface area contributed by atoms with Crippen molar-refractivity contribution in [2.24, 2.45) is 5.92 Å². The first-order valence-corrected chi connectivity index (χ1v) is 5.68. The van der Waals surface area contributed by atoms with Crippen molar-refractivity contribution in [3.8, 4) is 0 Å². The second-order valence-corrected chi connectivity index (χ2v) is 4.27. The van der Waals surface area contributed by atoms with E-state index in [4.69, 9.17) is 5.11 Å². The smallest absolute Gasteiger partial charge is 0.304 e. The Balaban J connectivity index is 2.15. The zero-order valence-corrected chi connectivity index (χ0v) is 9.43. The van der Waals surface area contributed by atoms with Crippen molar-refractivity contribution in [1.82, 2.24) is 0 Å². The summed E-state index contributed by atoms with van der Waals surface area (Å²) in [6.07, 6.45) is 2.95. The van der Waals surface area contributed by atoms with Crippen LogP contribution in [0, 0.1) is 5.92 Å². The number of hydrogen-bond donors (Lipinski definition) is 1. The quantitative estimate of drug-likeness (QED) is 0.868. The fourth-order valence-corrected chi connectivity index (χ4v) is 2.13. The van der Waals surface area contributed by atoms with Crippen LogP contribution in [0.2, 0.25) is 0 Å². The van der Waals surface area contributed by atoms with Gasteiger partial charge in [-0.15, -0.1) is 0 Å². The van der Waals surface area contributed by atoms with Gasteiger partial charge in [0.25, 0.3) is 0 Å². The van der Waals surface area contributed by atoms with Crippen LogP contribution in [0.4, 0.5) is 0 Å². The molecule has 1 aromatic rings. The number of benzene rings is 1. The van der Waals surface area contributed by atoms with Crippen LogP contribution in [0.15, 0.2) is 36.4 Å². The third-order valence-electron chi connectivity index (χ3n) is 3.05. The summed E-state index contributed by atoms with van der Waals surface area (Å²) in [5.74, 6) is -1.31. The molecule has 0 fully saturated rings. The lowest BCUT2D eigenvalue weighted by Gasteiger charge is -2.19. The van der Waals surface area contributed by atoms with E-state index in [1.165, 1.54) is 0 Å². The van der Waals surface area contributed by atoms with E-state index in [1.807, 2.05) is 30.3 Å². The van der Waals surface area contributed by atoms with Gasteiger partial charge in [-0.25, -0.2) is 0 Å². The first-order valence-electron chi connectivity index (χ1n) is 5.68. The molecule has 0 bridgehead atoms. The number of aliphatic carboxylic acids is 1. The Morgan fingerprint density at radius 1 is 1.29 bits per heavy atom. The van der Waals surface area contributed by atoms with E-state index in [2.05, 4.69) is 0 Å². The molecule has 0 saturated carbocycles. The van der Waals surface area contributed by atoms with Crippen molar-refractivity contribution in [3.05, 3.63) is 42.0 Å². The van der Waals surface area contributed by atoms with Crippen molar-refractivity contribution in [3.63, 3.8) is 0 Å². The van der Waals surface area contributed by atoms with Gasteiger partial charge in [0, 0.05) is 5.92 Å². The van der Waals surface area contributed by atoms with Gasteiger partial charge in [-0.3, -0.25) is 9.59 Å². The summed E-state index contributed by atoms with van der Waals surface area (Å²) in [5, 5.41) is 8.69. The Hall–Kier alpha value is -1.90. The molecule has 88 valence electrons. The first-order chi connectivity index (χ1) is 8.16. The molecule has 3 heteroatoms. The highest BCUT2D eigenvalue weighted by Crippen LogP contribution is 2.29. The molecule has 1 aromatic carbocycles. The molecule has 0 aliphatic heterocycles. The lowest BCUT2D eigenvalue weighted by molar-refractivity contribution is -0.140. The Morgan fingerprint density at radius 2 is 2.00 bits per heavy atom. The zero-order valence-electron chi connectivity index (χ0n) is 9.43. The van der Waals surface area contributed by atoms with Crippen LogP contribution < -0.4 is 0 Å². The van der Waals surface area contributed by atoms with E-state index in [1.54, 1.807) is 6.08 Å². The van der Waals surface area contributed by atoms with E-state index < -0.39 is 5.97 Å². The third kappa shape index (κ3) is 2.81. The van der Waals surface area contributed by atoms with Crippen LogP contribution in [0.25, 0.3) is 5.57 Å². The van der Waals surface area contributed by atoms with Crippen molar-refractivity contribution in [2.45, 2.75) is 19.3 Å². The summed E-state index contributed by atoms with van der Waals surface area (Å²) in [5.41, 5.74) is 2.06. The van der Waals surface area contributed by atoms with Crippen LogP contribution in [-0.2, 0) is 9.59 Å². The molecule has 0 unspecified atom stereocenters. The monoisotopic (exact) mass is 230 g/mol. The van der Waals surface area contributed by atoms with E-state index >= 15 is 0 Å². The molecule has 0 spiro atoms. The highest BCUT2D eigenvalue weighted by Gasteiger charge is 2.24. The number of ketones is 1. The lowest BCUT2D eigenvalue weighted by Crippen LogP contribution is -2.20. The third-order valence-corrected chi connectivity index (χ3v) is 3.05. The Bertz CT molecular complexity index is 460. The van der Waals surface area contributed by atoms with Gasteiger partial charge < -0.3 is 5.11 Å². The molecular weight excluding hydrogens is 216 g/mol. The maximum atomic E-state index is 11.8. The summed E-state index contributed by atoms with van der Waals surface area (Å²) in [6, 6.07) is 9.74. The first kappa shape index (κ1) is 11.6. The predicted molar refractivity (Wildman–Crippen MR) is 64.4 cm³/mol. The number of rotatable bonds is 3. The Kier molecular flexibility index (Phi) is 3.38. The number of carboxylic acids is 1. The van der Waals surface area contributed by atoms with Gasteiger partial charge in [0.1, 0.15) is 0 Å². The van der Waals surface area contributed by atoms with E-state index in [0.29, 0.717) is 6.42 Å². The van der Waals surface area contributed by atoms with Crippen molar-refractivity contribution in [1.29, 1.82) is 0 Å². The number of hydrogen-bond acceptors (Lipinski definition) is 2. The minimum absolute atomic E-state index is 0.0579. The summed E-state index contributed by atoms with van der Waals surface area (Å²) in [4.78, 5) is 22.4. The van der Waals surface area contributed by atoms with Crippen LogP contribution in [-0.4, -0.2) is 16.9 Å². The molecule has 17 heavy (non-hydrogen) atoms. The molecule has 1 aliphatic rings. The fraction of sp³-hybridized carbons (Fsp3) is 0.286. The van der Waals surface area contributed by atoms with Gasteiger partial charge in [-0.1, -0.05) is 30.3 Å². The minimum atomic E-state index is -0.903. The van der Waals surface area contributed by atoms with E-state index in [0.717, 1.165) is 17.6 Å². The second kappa shape index (κ2) is 4.95. The molecule has 1 atom stereocenters. The molecule has 2 rings (SSSR count). The molecule has 0 heterocycles. The van der Waals surface area contributed by atoms with Crippen LogP contribution >= 0.6 is 0 Å². The van der Waals surface area contributed by atoms with Crippen LogP contribution in [0.5, 0.6) is 0 Å². The topological polar surface area (TPSA) is 54.4 Å². The van der Waals surface area contributed by atoms with Gasteiger partial charge in [0.2, 0.25) is 0 Å². The standard InChI is InChI=1S/C14H14O3/c15-13-8-11(10-4-2-1-3-5-10)6-7-12(13)9-14(16)17/h1-5,8,12H,6-7,9H2,(H,16,17)/t12-/m1/s1.